The maximum Gasteiger partial charge on any atom is 0.303 e. The first kappa shape index (κ1) is 21.1. The highest BCUT2D eigenvalue weighted by Gasteiger charge is 2.32. The summed E-state index contributed by atoms with van der Waals surface area (Å²) in [7, 11) is 0. The van der Waals surface area contributed by atoms with E-state index in [1.807, 2.05) is 47.5 Å². The molecule has 3 N–H and O–H groups in total. The zero-order valence-electron chi connectivity index (χ0n) is 16.7. The van der Waals surface area contributed by atoms with Gasteiger partial charge in [-0.15, -0.1) is 4.99 Å². The van der Waals surface area contributed by atoms with Crippen LogP contribution in [0.3, 0.4) is 0 Å². The van der Waals surface area contributed by atoms with Gasteiger partial charge in [-0.3, -0.25) is 9.78 Å². The van der Waals surface area contributed by atoms with Crippen molar-refractivity contribution < 1.29 is 9.90 Å². The number of anilines is 1. The quantitative estimate of drug-likeness (QED) is 0.284. The maximum absolute atomic E-state index is 10.7. The smallest absolute Gasteiger partial charge is 0.303 e. The molecule has 0 amide bonds. The number of carboxylic acids is 1. The first-order chi connectivity index (χ1) is 14.6. The molecule has 0 aliphatic heterocycles. The monoisotopic (exact) mass is 403 g/mol. The van der Waals surface area contributed by atoms with Gasteiger partial charge in [0.2, 0.25) is 12.2 Å². The molecule has 1 heterocycles. The second-order valence-electron chi connectivity index (χ2n) is 7.22. The zero-order valence-corrected chi connectivity index (χ0v) is 16.7. The molecular formula is C23H25N5O2. The van der Waals surface area contributed by atoms with Gasteiger partial charge in [0, 0.05) is 36.1 Å². The number of rotatable bonds is 9. The second-order valence-corrected chi connectivity index (χ2v) is 7.22. The highest BCUT2D eigenvalue weighted by molar-refractivity contribution is 5.97. The number of aliphatic imine (C=N–C) groups is 1. The third-order valence-electron chi connectivity index (χ3n) is 4.92. The summed E-state index contributed by atoms with van der Waals surface area (Å²) in [5, 5.41) is 17.7. The summed E-state index contributed by atoms with van der Waals surface area (Å²) in [4.78, 5) is 20.6. The number of aromatic nitrogens is 1. The first-order valence-electron chi connectivity index (χ1n) is 10.0. The first-order valence-corrected chi connectivity index (χ1v) is 10.0. The van der Waals surface area contributed by atoms with Crippen LogP contribution in [0.15, 0.2) is 59.9 Å². The van der Waals surface area contributed by atoms with Crippen LogP contribution in [0.4, 0.5) is 5.69 Å². The largest absolute Gasteiger partial charge is 0.481 e. The summed E-state index contributed by atoms with van der Waals surface area (Å²) in [6.07, 6.45) is 11.9. The molecule has 7 nitrogen and oxygen atoms in total. The molecule has 1 aromatic carbocycles. The molecule has 0 bridgehead atoms. The van der Waals surface area contributed by atoms with Crippen molar-refractivity contribution >= 4 is 23.2 Å². The van der Waals surface area contributed by atoms with Crippen LogP contribution in [0, 0.1) is 11.5 Å². The van der Waals surface area contributed by atoms with E-state index in [0.717, 1.165) is 48.1 Å². The molecule has 0 unspecified atom stereocenters. The normalized spacial score (nSPS) is 14.2. The van der Waals surface area contributed by atoms with Crippen molar-refractivity contribution in [1.82, 2.24) is 4.98 Å². The van der Waals surface area contributed by atoms with E-state index in [9.17, 15) is 4.79 Å². The second kappa shape index (κ2) is 10.2. The average molecular weight is 403 g/mol. The van der Waals surface area contributed by atoms with Crippen LogP contribution in [-0.2, 0) is 4.79 Å². The Balaban J connectivity index is 1.90. The van der Waals surface area contributed by atoms with Gasteiger partial charge in [-0.25, -0.2) is 0 Å². The van der Waals surface area contributed by atoms with E-state index in [2.05, 4.69) is 16.1 Å². The molecule has 2 aromatic rings. The van der Waals surface area contributed by atoms with Crippen molar-refractivity contribution in [2.75, 3.05) is 4.90 Å². The third-order valence-corrected chi connectivity index (χ3v) is 4.92. The predicted octanol–water partition coefficient (Wildman–Crippen LogP) is 3.92. The van der Waals surface area contributed by atoms with Crippen LogP contribution in [0.2, 0.25) is 0 Å². The molecule has 0 atom stereocenters. The third kappa shape index (κ3) is 5.67. The molecule has 0 saturated heterocycles. The van der Waals surface area contributed by atoms with Crippen LogP contribution < -0.4 is 10.6 Å². The lowest BCUT2D eigenvalue weighted by Gasteiger charge is -2.23. The van der Waals surface area contributed by atoms with Crippen molar-refractivity contribution in [2.45, 2.75) is 44.6 Å². The molecule has 1 aromatic heterocycles. The number of hydrogen-bond acceptors (Lipinski definition) is 4. The lowest BCUT2D eigenvalue weighted by Crippen LogP contribution is -2.39. The van der Waals surface area contributed by atoms with Gasteiger partial charge in [0.1, 0.15) is 0 Å². The van der Waals surface area contributed by atoms with E-state index < -0.39 is 5.97 Å². The number of guanidine groups is 1. The van der Waals surface area contributed by atoms with Crippen molar-refractivity contribution in [1.29, 1.82) is 5.26 Å². The van der Waals surface area contributed by atoms with Crippen LogP contribution in [0.25, 0.3) is 5.57 Å². The number of benzene rings is 1. The van der Waals surface area contributed by atoms with Crippen LogP contribution in [0.1, 0.15) is 49.7 Å². The fraction of sp³-hybridized carbons (Fsp3) is 0.304. The molecule has 30 heavy (non-hydrogen) atoms. The number of carboxylic acid groups (broad SMARTS) is 1. The van der Waals surface area contributed by atoms with Crippen molar-refractivity contribution in [3.05, 3.63) is 66.0 Å². The van der Waals surface area contributed by atoms with Crippen molar-refractivity contribution in [3.63, 3.8) is 0 Å². The number of nitrogens with zero attached hydrogens (tertiary/aromatic N) is 4. The number of allylic oxidation sites excluding steroid dienone is 1. The highest BCUT2D eigenvalue weighted by Crippen LogP contribution is 2.34. The number of nitrogens with two attached hydrogens (primary N) is 1. The number of nitriles is 1. The van der Waals surface area contributed by atoms with Gasteiger partial charge in [-0.2, -0.15) is 5.26 Å². The summed E-state index contributed by atoms with van der Waals surface area (Å²) >= 11 is 0. The van der Waals surface area contributed by atoms with Gasteiger partial charge in [-0.05, 0) is 61.4 Å². The number of unbranched alkanes of at least 4 members (excludes halogenated alkanes) is 2. The Hall–Kier alpha value is -3.66. The Kier molecular flexibility index (Phi) is 7.17. The van der Waals surface area contributed by atoms with Crippen LogP contribution >= 0.6 is 0 Å². The van der Waals surface area contributed by atoms with Crippen LogP contribution in [0.5, 0.6) is 0 Å². The molecule has 1 saturated carbocycles. The molecule has 1 aliphatic rings. The Bertz CT molecular complexity index is 975. The summed E-state index contributed by atoms with van der Waals surface area (Å²) in [5.74, 6) is -0.561. The van der Waals surface area contributed by atoms with Gasteiger partial charge in [0.15, 0.2) is 0 Å². The maximum atomic E-state index is 10.7. The summed E-state index contributed by atoms with van der Waals surface area (Å²) in [5.41, 5.74) is 9.99. The van der Waals surface area contributed by atoms with Crippen molar-refractivity contribution in [2.24, 2.45) is 10.7 Å². The highest BCUT2D eigenvalue weighted by atomic mass is 16.4. The Morgan fingerprint density at radius 3 is 2.77 bits per heavy atom. The van der Waals surface area contributed by atoms with Gasteiger partial charge in [-0.1, -0.05) is 24.3 Å². The molecule has 154 valence electrons. The van der Waals surface area contributed by atoms with E-state index in [-0.39, 0.29) is 18.4 Å². The van der Waals surface area contributed by atoms with Gasteiger partial charge in [0.25, 0.3) is 0 Å². The summed E-state index contributed by atoms with van der Waals surface area (Å²) < 4.78 is 0. The summed E-state index contributed by atoms with van der Waals surface area (Å²) in [6, 6.07) is 12.2. The summed E-state index contributed by atoms with van der Waals surface area (Å²) in [6.45, 7) is 0. The minimum atomic E-state index is -0.768. The fourth-order valence-corrected chi connectivity index (χ4v) is 3.38. The number of hydrogen-bond donors (Lipinski definition) is 2. The molecule has 1 fully saturated rings. The topological polar surface area (TPSA) is 116 Å². The lowest BCUT2D eigenvalue weighted by molar-refractivity contribution is -0.137. The van der Waals surface area contributed by atoms with Crippen molar-refractivity contribution in [3.8, 4) is 6.19 Å². The van der Waals surface area contributed by atoms with E-state index in [1.54, 1.807) is 12.4 Å². The molecule has 7 heteroatoms. The average Bonchev–Trinajstić information content (AvgIpc) is 3.57. The van der Waals surface area contributed by atoms with E-state index in [0.29, 0.717) is 6.42 Å². The number of pyridine rings is 1. The molecule has 3 rings (SSSR count). The predicted molar refractivity (Wildman–Crippen MR) is 117 cm³/mol. The molecular weight excluding hydrogens is 378 g/mol. The van der Waals surface area contributed by atoms with E-state index in [1.165, 1.54) is 0 Å². The standard InChI is InChI=1S/C23H25N5O2/c24-16-27-23(25)28(19-11-12-19)20-8-4-6-17(14-20)21(18-7-5-13-26-15-18)9-2-1-3-10-22(29)30/h4-9,13-15,19H,1-3,10-12H2,(H2,25,27)(H,29,30)/b21-9+. The minimum absolute atomic E-state index is 0.180. The van der Waals surface area contributed by atoms with Crippen LogP contribution in [-0.4, -0.2) is 28.1 Å². The Labute approximate surface area is 176 Å². The fourth-order valence-electron chi connectivity index (χ4n) is 3.38. The molecule has 0 spiro atoms. The van der Waals surface area contributed by atoms with Gasteiger partial charge >= 0.3 is 5.97 Å². The number of aliphatic carboxylic acids is 1. The zero-order chi connectivity index (χ0) is 21.3. The molecule has 0 radical (unpaired) electrons. The Morgan fingerprint density at radius 2 is 2.10 bits per heavy atom. The minimum Gasteiger partial charge on any atom is -0.481 e. The Morgan fingerprint density at radius 1 is 1.30 bits per heavy atom. The van der Waals surface area contributed by atoms with Gasteiger partial charge in [0.05, 0.1) is 0 Å². The lowest BCUT2D eigenvalue weighted by atomic mass is 9.96. The van der Waals surface area contributed by atoms with Gasteiger partial charge < -0.3 is 15.7 Å². The number of carbonyl (C=O) groups is 1. The SMILES string of the molecule is N#CN=C(N)N(c1cccc(/C(=C\CCCCC(=O)O)c2cccnc2)c1)C1CC1. The van der Waals surface area contributed by atoms with E-state index in [4.69, 9.17) is 16.1 Å². The molecule has 1 aliphatic carbocycles. The van der Waals surface area contributed by atoms with E-state index >= 15 is 0 Å².